The molecule has 0 fully saturated rings. The van der Waals surface area contributed by atoms with E-state index in [1.165, 1.54) is 31.4 Å². The average molecular weight is 304 g/mol. The molecule has 0 aliphatic heterocycles. The van der Waals surface area contributed by atoms with Crippen molar-refractivity contribution in [3.05, 3.63) is 59.4 Å². The summed E-state index contributed by atoms with van der Waals surface area (Å²) in [5.74, 6) is -0.941. The molecule has 1 atom stereocenters. The van der Waals surface area contributed by atoms with E-state index in [9.17, 15) is 14.3 Å². The molecule has 0 aliphatic rings. The molecule has 0 aromatic heterocycles. The minimum Gasteiger partial charge on any atom is -0.497 e. The largest absolute Gasteiger partial charge is 0.497 e. The van der Waals surface area contributed by atoms with Gasteiger partial charge in [-0.1, -0.05) is 18.2 Å². The molecule has 0 spiro atoms. The summed E-state index contributed by atoms with van der Waals surface area (Å²) in [4.78, 5) is 11.6. The first-order valence-electron chi connectivity index (χ1n) is 6.74. The lowest BCUT2D eigenvalue weighted by atomic mass is 9.91. The molecule has 1 N–H and O–H groups in total. The number of carbonyl (C=O) groups is 1. The molecule has 0 radical (unpaired) electrons. The van der Waals surface area contributed by atoms with E-state index in [4.69, 9.17) is 9.47 Å². The Kier molecular flexibility index (Phi) is 4.99. The predicted molar refractivity (Wildman–Crippen MR) is 80.0 cm³/mol. The van der Waals surface area contributed by atoms with Gasteiger partial charge in [0.05, 0.1) is 20.1 Å². The maximum absolute atomic E-state index is 13.0. The Morgan fingerprint density at radius 2 is 1.82 bits per heavy atom. The zero-order chi connectivity index (χ0) is 16.1. The van der Waals surface area contributed by atoms with Gasteiger partial charge in [0.25, 0.3) is 0 Å². The molecule has 2 aromatic carbocycles. The number of ether oxygens (including phenoxy) is 2. The summed E-state index contributed by atoms with van der Waals surface area (Å²) >= 11 is 0. The first kappa shape index (κ1) is 15.8. The quantitative estimate of drug-likeness (QED) is 0.890. The number of carboxylic acid groups (broad SMARTS) is 1. The Labute approximate surface area is 128 Å². The predicted octanol–water partition coefficient (Wildman–Crippen LogP) is 3.25. The summed E-state index contributed by atoms with van der Waals surface area (Å²) in [6.07, 6.45) is 0.244. The van der Waals surface area contributed by atoms with Crippen LogP contribution in [0.4, 0.5) is 4.39 Å². The Morgan fingerprint density at radius 3 is 2.36 bits per heavy atom. The van der Waals surface area contributed by atoms with Crippen molar-refractivity contribution in [1.82, 2.24) is 0 Å². The third kappa shape index (κ3) is 3.55. The summed E-state index contributed by atoms with van der Waals surface area (Å²) in [5, 5.41) is 9.46. The van der Waals surface area contributed by atoms with E-state index in [2.05, 4.69) is 0 Å². The zero-order valence-corrected chi connectivity index (χ0v) is 12.4. The lowest BCUT2D eigenvalue weighted by Gasteiger charge is -2.16. The molecule has 1 unspecified atom stereocenters. The molecule has 0 saturated carbocycles. The van der Waals surface area contributed by atoms with Crippen molar-refractivity contribution in [2.45, 2.75) is 12.3 Å². The molecule has 5 heteroatoms. The van der Waals surface area contributed by atoms with Crippen molar-refractivity contribution in [3.63, 3.8) is 0 Å². The number of rotatable bonds is 6. The molecule has 2 rings (SSSR count). The summed E-state index contributed by atoms with van der Waals surface area (Å²) < 4.78 is 23.4. The highest BCUT2D eigenvalue weighted by Crippen LogP contribution is 2.30. The number of aliphatic carboxylic acids is 1. The molecule has 0 heterocycles. The molecule has 0 aliphatic carbocycles. The van der Waals surface area contributed by atoms with E-state index < -0.39 is 17.7 Å². The summed E-state index contributed by atoms with van der Waals surface area (Å²) in [5.41, 5.74) is 1.30. The van der Waals surface area contributed by atoms with E-state index in [0.29, 0.717) is 17.1 Å². The maximum atomic E-state index is 13.0. The van der Waals surface area contributed by atoms with Gasteiger partial charge in [-0.3, -0.25) is 4.79 Å². The molecule has 0 amide bonds. The second kappa shape index (κ2) is 6.93. The van der Waals surface area contributed by atoms with Crippen LogP contribution in [0, 0.1) is 5.82 Å². The first-order chi connectivity index (χ1) is 10.5. The van der Waals surface area contributed by atoms with Crippen LogP contribution in [0.25, 0.3) is 0 Å². The summed E-state index contributed by atoms with van der Waals surface area (Å²) in [6, 6.07) is 10.7. The molecule has 0 bridgehead atoms. The molecule has 22 heavy (non-hydrogen) atoms. The van der Waals surface area contributed by atoms with Crippen LogP contribution in [0.5, 0.6) is 11.5 Å². The van der Waals surface area contributed by atoms with Crippen molar-refractivity contribution < 1.29 is 23.8 Å². The molecule has 4 nitrogen and oxygen atoms in total. The molecule has 0 saturated heterocycles. The smallest absolute Gasteiger partial charge is 0.311 e. The van der Waals surface area contributed by atoms with Gasteiger partial charge in [0.1, 0.15) is 17.3 Å². The van der Waals surface area contributed by atoms with E-state index in [-0.39, 0.29) is 6.42 Å². The van der Waals surface area contributed by atoms with Gasteiger partial charge in [-0.25, -0.2) is 4.39 Å². The van der Waals surface area contributed by atoms with Crippen LogP contribution in [-0.4, -0.2) is 25.3 Å². The third-order valence-corrected chi connectivity index (χ3v) is 3.49. The number of hydrogen-bond donors (Lipinski definition) is 1. The molecule has 116 valence electrons. The SMILES string of the molecule is COc1ccc(CC(C(=O)O)c2ccc(F)cc2)c(OC)c1. The van der Waals surface area contributed by atoms with Crippen molar-refractivity contribution in [2.24, 2.45) is 0 Å². The number of halogens is 1. The summed E-state index contributed by atoms with van der Waals surface area (Å²) in [7, 11) is 3.07. The summed E-state index contributed by atoms with van der Waals surface area (Å²) in [6.45, 7) is 0. The topological polar surface area (TPSA) is 55.8 Å². The Hall–Kier alpha value is -2.56. The number of hydrogen-bond acceptors (Lipinski definition) is 3. The van der Waals surface area contributed by atoms with Crippen LogP contribution in [0.3, 0.4) is 0 Å². The van der Waals surface area contributed by atoms with Gasteiger partial charge in [0.15, 0.2) is 0 Å². The Bertz CT molecular complexity index is 652. The van der Waals surface area contributed by atoms with Gasteiger partial charge in [-0.05, 0) is 35.7 Å². The van der Waals surface area contributed by atoms with Gasteiger partial charge >= 0.3 is 5.97 Å². The average Bonchev–Trinajstić information content (AvgIpc) is 2.53. The molecular formula is C17H17FO4. The zero-order valence-electron chi connectivity index (χ0n) is 12.4. The Morgan fingerprint density at radius 1 is 1.14 bits per heavy atom. The van der Waals surface area contributed by atoms with Gasteiger partial charge < -0.3 is 14.6 Å². The lowest BCUT2D eigenvalue weighted by molar-refractivity contribution is -0.138. The second-order valence-electron chi connectivity index (χ2n) is 4.82. The lowest BCUT2D eigenvalue weighted by Crippen LogP contribution is -2.15. The van der Waals surface area contributed by atoms with Gasteiger partial charge in [-0.2, -0.15) is 0 Å². The van der Waals surface area contributed by atoms with E-state index >= 15 is 0 Å². The van der Waals surface area contributed by atoms with Crippen LogP contribution in [-0.2, 0) is 11.2 Å². The standard InChI is InChI=1S/C17H17FO4/c1-21-14-8-5-12(16(10-14)22-2)9-15(17(19)20)11-3-6-13(18)7-4-11/h3-8,10,15H,9H2,1-2H3,(H,19,20). The van der Waals surface area contributed by atoms with E-state index in [1.54, 1.807) is 25.3 Å². The minimum atomic E-state index is -0.968. The number of carboxylic acids is 1. The van der Waals surface area contributed by atoms with E-state index in [0.717, 1.165) is 5.56 Å². The van der Waals surface area contributed by atoms with Crippen molar-refractivity contribution in [3.8, 4) is 11.5 Å². The highest BCUT2D eigenvalue weighted by Gasteiger charge is 2.22. The van der Waals surface area contributed by atoms with Crippen LogP contribution >= 0.6 is 0 Å². The normalized spacial score (nSPS) is 11.8. The fourth-order valence-electron chi connectivity index (χ4n) is 2.28. The molecule has 2 aromatic rings. The van der Waals surface area contributed by atoms with Crippen LogP contribution < -0.4 is 9.47 Å². The van der Waals surface area contributed by atoms with Crippen molar-refractivity contribution in [2.75, 3.05) is 14.2 Å². The maximum Gasteiger partial charge on any atom is 0.311 e. The van der Waals surface area contributed by atoms with E-state index in [1.807, 2.05) is 0 Å². The first-order valence-corrected chi connectivity index (χ1v) is 6.74. The van der Waals surface area contributed by atoms with Crippen LogP contribution in [0.1, 0.15) is 17.0 Å². The fraction of sp³-hybridized carbons (Fsp3) is 0.235. The van der Waals surface area contributed by atoms with Gasteiger partial charge in [-0.15, -0.1) is 0 Å². The third-order valence-electron chi connectivity index (χ3n) is 3.49. The monoisotopic (exact) mass is 304 g/mol. The molecular weight excluding hydrogens is 287 g/mol. The Balaban J connectivity index is 2.32. The van der Waals surface area contributed by atoms with Gasteiger partial charge in [0.2, 0.25) is 0 Å². The van der Waals surface area contributed by atoms with Crippen molar-refractivity contribution in [1.29, 1.82) is 0 Å². The van der Waals surface area contributed by atoms with Gasteiger partial charge in [0, 0.05) is 6.07 Å². The fourth-order valence-corrected chi connectivity index (χ4v) is 2.28. The minimum absolute atomic E-state index is 0.244. The number of methoxy groups -OCH3 is 2. The van der Waals surface area contributed by atoms with Crippen molar-refractivity contribution >= 4 is 5.97 Å². The highest BCUT2D eigenvalue weighted by atomic mass is 19.1. The van der Waals surface area contributed by atoms with Crippen LogP contribution in [0.2, 0.25) is 0 Å². The second-order valence-corrected chi connectivity index (χ2v) is 4.82. The van der Waals surface area contributed by atoms with Crippen LogP contribution in [0.15, 0.2) is 42.5 Å². The number of benzene rings is 2. The highest BCUT2D eigenvalue weighted by molar-refractivity contribution is 5.76.